The summed E-state index contributed by atoms with van der Waals surface area (Å²) in [5.74, 6) is -0.508. The standard InChI is InChI=1S/C11H19N3O4S2/c1-13-19(15,16)6-5-14-20(17,18)9-11-4-2-3-10(7-11)8-12/h2-4,7,13-14H,5-6,8-9,12H2,1H3. The average molecular weight is 321 g/mol. The van der Waals surface area contributed by atoms with Crippen molar-refractivity contribution >= 4 is 20.0 Å². The molecule has 1 rings (SSSR count). The van der Waals surface area contributed by atoms with E-state index in [4.69, 9.17) is 5.73 Å². The summed E-state index contributed by atoms with van der Waals surface area (Å²) in [7, 11) is -5.71. The van der Waals surface area contributed by atoms with Crippen molar-refractivity contribution in [2.24, 2.45) is 5.73 Å². The maximum atomic E-state index is 11.8. The third kappa shape index (κ3) is 5.97. The molecule has 0 amide bonds. The van der Waals surface area contributed by atoms with E-state index in [1.54, 1.807) is 18.2 Å². The molecule has 0 spiro atoms. The highest BCUT2D eigenvalue weighted by Gasteiger charge is 2.14. The maximum absolute atomic E-state index is 11.8. The summed E-state index contributed by atoms with van der Waals surface area (Å²) in [5.41, 5.74) is 6.94. The molecule has 0 unspecified atom stereocenters. The predicted octanol–water partition coefficient (Wildman–Crippen LogP) is -0.886. The maximum Gasteiger partial charge on any atom is 0.215 e. The third-order valence-corrected chi connectivity index (χ3v) is 5.31. The van der Waals surface area contributed by atoms with Crippen LogP contribution in [0.1, 0.15) is 11.1 Å². The molecule has 0 fully saturated rings. The number of benzene rings is 1. The van der Waals surface area contributed by atoms with E-state index in [1.807, 2.05) is 6.07 Å². The van der Waals surface area contributed by atoms with Crippen molar-refractivity contribution in [3.63, 3.8) is 0 Å². The van der Waals surface area contributed by atoms with Crippen LogP contribution in [-0.2, 0) is 32.3 Å². The lowest BCUT2D eigenvalue weighted by Crippen LogP contribution is -2.33. The number of nitrogens with one attached hydrogen (secondary N) is 2. The lowest BCUT2D eigenvalue weighted by Gasteiger charge is -2.08. The van der Waals surface area contributed by atoms with Crippen molar-refractivity contribution in [2.75, 3.05) is 19.3 Å². The Morgan fingerprint density at radius 3 is 2.35 bits per heavy atom. The van der Waals surface area contributed by atoms with E-state index in [2.05, 4.69) is 9.44 Å². The Morgan fingerprint density at radius 1 is 1.10 bits per heavy atom. The topological polar surface area (TPSA) is 118 Å². The van der Waals surface area contributed by atoms with Crippen molar-refractivity contribution in [2.45, 2.75) is 12.3 Å². The Labute approximate surface area is 119 Å². The van der Waals surface area contributed by atoms with Gasteiger partial charge in [-0.25, -0.2) is 26.3 Å². The SMILES string of the molecule is CNS(=O)(=O)CCNS(=O)(=O)Cc1cccc(CN)c1. The zero-order valence-electron chi connectivity index (χ0n) is 11.2. The van der Waals surface area contributed by atoms with Crippen molar-refractivity contribution in [1.29, 1.82) is 0 Å². The van der Waals surface area contributed by atoms with Crippen LogP contribution < -0.4 is 15.2 Å². The number of sulfonamides is 2. The molecule has 9 heteroatoms. The van der Waals surface area contributed by atoms with Crippen LogP contribution in [0, 0.1) is 0 Å². The van der Waals surface area contributed by atoms with Gasteiger partial charge in [0, 0.05) is 13.1 Å². The lowest BCUT2D eigenvalue weighted by atomic mass is 10.1. The van der Waals surface area contributed by atoms with Crippen LogP contribution in [0.15, 0.2) is 24.3 Å². The molecule has 1 aromatic rings. The van der Waals surface area contributed by atoms with Gasteiger partial charge in [-0.15, -0.1) is 0 Å². The Kier molecular flexibility index (Phi) is 6.08. The van der Waals surface area contributed by atoms with E-state index in [-0.39, 0.29) is 18.1 Å². The van der Waals surface area contributed by atoms with Crippen LogP contribution in [0.5, 0.6) is 0 Å². The summed E-state index contributed by atoms with van der Waals surface area (Å²) in [6.07, 6.45) is 0. The summed E-state index contributed by atoms with van der Waals surface area (Å²) in [4.78, 5) is 0. The molecular weight excluding hydrogens is 302 g/mol. The second-order valence-corrected chi connectivity index (χ2v) is 8.05. The van der Waals surface area contributed by atoms with Gasteiger partial charge < -0.3 is 5.73 Å². The fourth-order valence-corrected chi connectivity index (χ4v) is 3.39. The normalized spacial score (nSPS) is 12.5. The largest absolute Gasteiger partial charge is 0.326 e. The Balaban J connectivity index is 2.61. The molecule has 1 aromatic carbocycles. The molecule has 7 nitrogen and oxygen atoms in total. The second kappa shape index (κ2) is 7.14. The average Bonchev–Trinajstić information content (AvgIpc) is 2.38. The molecule has 0 radical (unpaired) electrons. The molecule has 4 N–H and O–H groups in total. The monoisotopic (exact) mass is 321 g/mol. The molecule has 0 bridgehead atoms. The predicted molar refractivity (Wildman–Crippen MR) is 77.8 cm³/mol. The minimum Gasteiger partial charge on any atom is -0.326 e. The quantitative estimate of drug-likeness (QED) is 0.574. The van der Waals surface area contributed by atoms with Crippen LogP contribution in [0.4, 0.5) is 0 Å². The molecule has 0 saturated heterocycles. The van der Waals surface area contributed by atoms with E-state index >= 15 is 0 Å². The van der Waals surface area contributed by atoms with Gasteiger partial charge in [-0.1, -0.05) is 24.3 Å². The fraction of sp³-hybridized carbons (Fsp3) is 0.455. The summed E-state index contributed by atoms with van der Waals surface area (Å²) in [5, 5.41) is 0. The highest BCUT2D eigenvalue weighted by Crippen LogP contribution is 2.08. The molecule has 0 aliphatic carbocycles. The highest BCUT2D eigenvalue weighted by atomic mass is 32.2. The van der Waals surface area contributed by atoms with Gasteiger partial charge in [-0.3, -0.25) is 0 Å². The third-order valence-electron chi connectivity index (χ3n) is 2.59. The first-order valence-corrected chi connectivity index (χ1v) is 9.25. The lowest BCUT2D eigenvalue weighted by molar-refractivity contribution is 0.578. The van der Waals surface area contributed by atoms with Gasteiger partial charge in [-0.2, -0.15) is 0 Å². The number of hydrogen-bond acceptors (Lipinski definition) is 5. The Morgan fingerprint density at radius 2 is 1.75 bits per heavy atom. The van der Waals surface area contributed by atoms with Gasteiger partial charge in [0.2, 0.25) is 20.0 Å². The molecule has 114 valence electrons. The summed E-state index contributed by atoms with van der Waals surface area (Å²) < 4.78 is 50.3. The number of rotatable bonds is 8. The Hall–Kier alpha value is -1.00. The van der Waals surface area contributed by atoms with Gasteiger partial charge in [0.05, 0.1) is 11.5 Å². The van der Waals surface area contributed by atoms with Gasteiger partial charge in [0.25, 0.3) is 0 Å². The minimum atomic E-state index is -3.57. The molecular formula is C11H19N3O4S2. The highest BCUT2D eigenvalue weighted by molar-refractivity contribution is 7.90. The first kappa shape index (κ1) is 17.1. The van der Waals surface area contributed by atoms with E-state index in [1.165, 1.54) is 7.05 Å². The van der Waals surface area contributed by atoms with Gasteiger partial charge >= 0.3 is 0 Å². The minimum absolute atomic E-state index is 0.165. The van der Waals surface area contributed by atoms with E-state index in [0.29, 0.717) is 12.1 Å². The smallest absolute Gasteiger partial charge is 0.215 e. The van der Waals surface area contributed by atoms with Crippen molar-refractivity contribution in [3.8, 4) is 0 Å². The van der Waals surface area contributed by atoms with Crippen LogP contribution in [0.2, 0.25) is 0 Å². The van der Waals surface area contributed by atoms with E-state index in [0.717, 1.165) is 5.56 Å². The van der Waals surface area contributed by atoms with Crippen LogP contribution >= 0.6 is 0 Å². The first-order chi connectivity index (χ1) is 9.28. The van der Waals surface area contributed by atoms with E-state index in [9.17, 15) is 16.8 Å². The van der Waals surface area contributed by atoms with Crippen molar-refractivity contribution < 1.29 is 16.8 Å². The number of hydrogen-bond donors (Lipinski definition) is 3. The van der Waals surface area contributed by atoms with Crippen LogP contribution in [0.3, 0.4) is 0 Å². The number of nitrogens with two attached hydrogens (primary N) is 1. The van der Waals surface area contributed by atoms with Gasteiger partial charge in [-0.05, 0) is 18.2 Å². The zero-order chi connectivity index (χ0) is 15.2. The second-order valence-electron chi connectivity index (χ2n) is 4.20. The van der Waals surface area contributed by atoms with Gasteiger partial charge in [0.15, 0.2) is 0 Å². The molecule has 0 saturated carbocycles. The fourth-order valence-electron chi connectivity index (χ4n) is 1.55. The van der Waals surface area contributed by atoms with Crippen molar-refractivity contribution in [1.82, 2.24) is 9.44 Å². The molecule has 0 aromatic heterocycles. The molecule has 0 aliphatic heterocycles. The summed E-state index contributed by atoms with van der Waals surface area (Å²) in [6.45, 7) is 0.170. The summed E-state index contributed by atoms with van der Waals surface area (Å²) in [6, 6.07) is 6.94. The zero-order valence-corrected chi connectivity index (χ0v) is 12.8. The summed E-state index contributed by atoms with van der Waals surface area (Å²) >= 11 is 0. The molecule has 0 heterocycles. The van der Waals surface area contributed by atoms with E-state index < -0.39 is 20.0 Å². The molecule has 0 atom stereocenters. The molecule has 0 aliphatic rings. The van der Waals surface area contributed by atoms with Gasteiger partial charge in [0.1, 0.15) is 0 Å². The van der Waals surface area contributed by atoms with Crippen LogP contribution in [0.25, 0.3) is 0 Å². The van der Waals surface area contributed by atoms with Crippen LogP contribution in [-0.4, -0.2) is 36.2 Å². The molecule has 20 heavy (non-hydrogen) atoms. The Bertz CT molecular complexity index is 641. The first-order valence-electron chi connectivity index (χ1n) is 5.94. The van der Waals surface area contributed by atoms with Crippen molar-refractivity contribution in [3.05, 3.63) is 35.4 Å².